The van der Waals surface area contributed by atoms with Crippen molar-refractivity contribution in [2.75, 3.05) is 18.5 Å². The highest BCUT2D eigenvalue weighted by atomic mass is 16.5. The van der Waals surface area contributed by atoms with Gasteiger partial charge < -0.3 is 19.9 Å². The summed E-state index contributed by atoms with van der Waals surface area (Å²) < 4.78 is 7.87. The van der Waals surface area contributed by atoms with E-state index in [1.807, 2.05) is 67.8 Å². The van der Waals surface area contributed by atoms with Gasteiger partial charge in [0.1, 0.15) is 5.69 Å². The molecule has 0 aliphatic carbocycles. The van der Waals surface area contributed by atoms with Crippen LogP contribution in [0.4, 0.5) is 5.69 Å². The Hall–Kier alpha value is -3.12. The molecule has 1 aromatic heterocycles. The maximum absolute atomic E-state index is 13.3. The lowest BCUT2D eigenvalue weighted by molar-refractivity contribution is -0.116. The van der Waals surface area contributed by atoms with Crippen molar-refractivity contribution in [3.63, 3.8) is 0 Å². The molecule has 2 N–H and O–H groups in total. The fraction of sp³-hybridized carbons (Fsp3) is 0.407. The summed E-state index contributed by atoms with van der Waals surface area (Å²) in [6.07, 6.45) is 2.44. The fourth-order valence-corrected chi connectivity index (χ4v) is 4.39. The smallest absolute Gasteiger partial charge is 0.268 e. The van der Waals surface area contributed by atoms with Gasteiger partial charge in [-0.15, -0.1) is 0 Å². The monoisotopic (exact) mass is 447 g/mol. The zero-order chi connectivity index (χ0) is 23.4. The van der Waals surface area contributed by atoms with Crippen molar-refractivity contribution < 1.29 is 14.3 Å². The van der Waals surface area contributed by atoms with Gasteiger partial charge in [0.25, 0.3) is 5.91 Å². The molecule has 6 nitrogen and oxygen atoms in total. The SMILES string of the molecule is CC(C)CC(=O)Nc1ccc2c(c1)cc(C(=O)NCC1(C)CCCO1)n2Cc1ccccc1. The van der Waals surface area contributed by atoms with Crippen LogP contribution in [-0.2, 0) is 16.1 Å². The Kier molecular flexibility index (Phi) is 6.84. The van der Waals surface area contributed by atoms with Crippen molar-refractivity contribution in [3.8, 4) is 0 Å². The highest BCUT2D eigenvalue weighted by molar-refractivity contribution is 6.00. The molecule has 4 rings (SSSR count). The molecule has 0 bridgehead atoms. The molecule has 2 heterocycles. The number of aromatic nitrogens is 1. The molecule has 0 spiro atoms. The molecule has 0 saturated carbocycles. The van der Waals surface area contributed by atoms with Gasteiger partial charge in [-0.3, -0.25) is 9.59 Å². The van der Waals surface area contributed by atoms with Crippen molar-refractivity contribution in [1.29, 1.82) is 0 Å². The minimum atomic E-state index is -0.306. The Labute approximate surface area is 195 Å². The molecule has 1 aliphatic rings. The standard InChI is InChI=1S/C27H33N3O3/c1-19(2)14-25(31)29-22-10-11-23-21(15-22)16-24(30(23)17-20-8-5-4-6-9-20)26(32)28-18-27(3)12-7-13-33-27/h4-6,8-11,15-16,19H,7,12-14,17-18H2,1-3H3,(H,28,32)(H,29,31). The van der Waals surface area contributed by atoms with Crippen LogP contribution in [0.1, 0.15) is 56.1 Å². The van der Waals surface area contributed by atoms with Crippen molar-refractivity contribution in [1.82, 2.24) is 9.88 Å². The first kappa shape index (κ1) is 23.1. The third-order valence-corrected chi connectivity index (χ3v) is 6.12. The van der Waals surface area contributed by atoms with Crippen LogP contribution in [-0.4, -0.2) is 35.1 Å². The molecular formula is C27H33N3O3. The van der Waals surface area contributed by atoms with Gasteiger partial charge in [-0.2, -0.15) is 0 Å². The second-order valence-corrected chi connectivity index (χ2v) is 9.61. The summed E-state index contributed by atoms with van der Waals surface area (Å²) in [7, 11) is 0. The van der Waals surface area contributed by atoms with Gasteiger partial charge in [-0.1, -0.05) is 44.2 Å². The quantitative estimate of drug-likeness (QED) is 0.512. The van der Waals surface area contributed by atoms with E-state index in [4.69, 9.17) is 4.74 Å². The second-order valence-electron chi connectivity index (χ2n) is 9.61. The van der Waals surface area contributed by atoms with Gasteiger partial charge in [-0.05, 0) is 55.5 Å². The average Bonchev–Trinajstić information content (AvgIpc) is 3.36. The maximum Gasteiger partial charge on any atom is 0.268 e. The predicted molar refractivity (Wildman–Crippen MR) is 131 cm³/mol. The Morgan fingerprint density at radius 2 is 1.91 bits per heavy atom. The lowest BCUT2D eigenvalue weighted by atomic mass is 10.0. The van der Waals surface area contributed by atoms with Crippen LogP contribution < -0.4 is 10.6 Å². The van der Waals surface area contributed by atoms with Crippen LogP contribution in [0.3, 0.4) is 0 Å². The number of carbonyl (C=O) groups excluding carboxylic acids is 2. The maximum atomic E-state index is 13.3. The van der Waals surface area contributed by atoms with E-state index in [2.05, 4.69) is 22.8 Å². The summed E-state index contributed by atoms with van der Waals surface area (Å²) in [4.78, 5) is 25.5. The van der Waals surface area contributed by atoms with Gasteiger partial charge in [-0.25, -0.2) is 0 Å². The Morgan fingerprint density at radius 3 is 2.61 bits per heavy atom. The van der Waals surface area contributed by atoms with E-state index in [0.29, 0.717) is 31.1 Å². The van der Waals surface area contributed by atoms with E-state index in [1.165, 1.54) is 0 Å². The van der Waals surface area contributed by atoms with Gasteiger partial charge >= 0.3 is 0 Å². The predicted octanol–water partition coefficient (Wildman–Crippen LogP) is 4.97. The number of rotatable bonds is 8. The van der Waals surface area contributed by atoms with Crippen LogP contribution >= 0.6 is 0 Å². The molecule has 2 aromatic carbocycles. The highest BCUT2D eigenvalue weighted by Gasteiger charge is 2.30. The summed E-state index contributed by atoms with van der Waals surface area (Å²) in [5, 5.41) is 6.98. The van der Waals surface area contributed by atoms with E-state index >= 15 is 0 Å². The van der Waals surface area contributed by atoms with Crippen LogP contribution in [0.25, 0.3) is 10.9 Å². The average molecular weight is 448 g/mol. The van der Waals surface area contributed by atoms with E-state index in [9.17, 15) is 9.59 Å². The molecule has 33 heavy (non-hydrogen) atoms. The van der Waals surface area contributed by atoms with Gasteiger partial charge in [0.15, 0.2) is 0 Å². The summed E-state index contributed by atoms with van der Waals surface area (Å²) in [5.74, 6) is 0.168. The van der Waals surface area contributed by atoms with E-state index in [0.717, 1.165) is 41.6 Å². The number of nitrogens with one attached hydrogen (secondary N) is 2. The molecule has 174 valence electrons. The molecule has 0 radical (unpaired) electrons. The lowest BCUT2D eigenvalue weighted by Gasteiger charge is -2.23. The molecule has 6 heteroatoms. The minimum absolute atomic E-state index is 0.00385. The number of anilines is 1. The van der Waals surface area contributed by atoms with Crippen LogP contribution in [0.15, 0.2) is 54.6 Å². The zero-order valence-corrected chi connectivity index (χ0v) is 19.7. The van der Waals surface area contributed by atoms with Crippen LogP contribution in [0, 0.1) is 5.92 Å². The molecule has 1 unspecified atom stereocenters. The number of amides is 2. The first-order chi connectivity index (χ1) is 15.8. The number of nitrogens with zero attached hydrogens (tertiary/aromatic N) is 1. The van der Waals surface area contributed by atoms with Gasteiger partial charge in [0.2, 0.25) is 5.91 Å². The number of carbonyl (C=O) groups is 2. The van der Waals surface area contributed by atoms with Crippen molar-refractivity contribution in [2.24, 2.45) is 5.92 Å². The fourth-order valence-electron chi connectivity index (χ4n) is 4.39. The third kappa shape index (κ3) is 5.63. The largest absolute Gasteiger partial charge is 0.373 e. The van der Waals surface area contributed by atoms with Crippen LogP contribution in [0.5, 0.6) is 0 Å². The molecule has 1 atom stereocenters. The first-order valence-corrected chi connectivity index (χ1v) is 11.7. The highest BCUT2D eigenvalue weighted by Crippen LogP contribution is 2.27. The molecule has 1 fully saturated rings. The van der Waals surface area contributed by atoms with Crippen molar-refractivity contribution in [3.05, 3.63) is 65.9 Å². The van der Waals surface area contributed by atoms with Crippen LogP contribution in [0.2, 0.25) is 0 Å². The Bertz CT molecular complexity index is 1130. The zero-order valence-electron chi connectivity index (χ0n) is 19.7. The number of fused-ring (bicyclic) bond motifs is 1. The first-order valence-electron chi connectivity index (χ1n) is 11.7. The normalized spacial score (nSPS) is 18.1. The summed E-state index contributed by atoms with van der Waals surface area (Å²) in [5.41, 5.74) is 3.10. The van der Waals surface area contributed by atoms with Crippen molar-refractivity contribution >= 4 is 28.4 Å². The Balaban J connectivity index is 1.63. The summed E-state index contributed by atoms with van der Waals surface area (Å²) in [6.45, 7) is 7.90. The topological polar surface area (TPSA) is 72.4 Å². The molecule has 1 saturated heterocycles. The molecule has 3 aromatic rings. The number of hydrogen-bond donors (Lipinski definition) is 2. The van der Waals surface area contributed by atoms with E-state index in [1.54, 1.807) is 0 Å². The van der Waals surface area contributed by atoms with Gasteiger partial charge in [0, 0.05) is 42.7 Å². The van der Waals surface area contributed by atoms with E-state index < -0.39 is 0 Å². The molecule has 1 aliphatic heterocycles. The van der Waals surface area contributed by atoms with E-state index in [-0.39, 0.29) is 17.4 Å². The summed E-state index contributed by atoms with van der Waals surface area (Å²) >= 11 is 0. The lowest BCUT2D eigenvalue weighted by Crippen LogP contribution is -2.40. The summed E-state index contributed by atoms with van der Waals surface area (Å²) in [6, 6.07) is 17.8. The minimum Gasteiger partial charge on any atom is -0.373 e. The van der Waals surface area contributed by atoms with Crippen molar-refractivity contribution in [2.45, 2.75) is 52.2 Å². The third-order valence-electron chi connectivity index (χ3n) is 6.12. The Morgan fingerprint density at radius 1 is 1.12 bits per heavy atom. The molecular weight excluding hydrogens is 414 g/mol. The molecule has 2 amide bonds. The van der Waals surface area contributed by atoms with Gasteiger partial charge in [0.05, 0.1) is 5.60 Å². The second kappa shape index (κ2) is 9.79. The number of benzene rings is 2. The number of hydrogen-bond acceptors (Lipinski definition) is 3. The number of ether oxygens (including phenoxy) is 1.